The first-order valence-corrected chi connectivity index (χ1v) is 9.02. The number of hydrogen-bond donors (Lipinski definition) is 2. The molecule has 0 unspecified atom stereocenters. The third-order valence-corrected chi connectivity index (χ3v) is 3.90. The summed E-state index contributed by atoms with van der Waals surface area (Å²) in [7, 11) is 0. The van der Waals surface area contributed by atoms with E-state index < -0.39 is 0 Å². The molecule has 1 aromatic heterocycles. The molecule has 2 amide bonds. The third kappa shape index (κ3) is 4.94. The predicted octanol–water partition coefficient (Wildman–Crippen LogP) is 3.66. The van der Waals surface area contributed by atoms with Crippen molar-refractivity contribution in [2.24, 2.45) is 0 Å². The van der Waals surface area contributed by atoms with Gasteiger partial charge in [-0.05, 0) is 44.2 Å². The van der Waals surface area contributed by atoms with Crippen LogP contribution in [0.2, 0.25) is 0 Å². The Bertz CT molecular complexity index is 991. The fourth-order valence-electron chi connectivity index (χ4n) is 2.62. The highest BCUT2D eigenvalue weighted by Crippen LogP contribution is 2.15. The monoisotopic (exact) mass is 374 g/mol. The van der Waals surface area contributed by atoms with Crippen LogP contribution in [-0.2, 0) is 4.79 Å². The van der Waals surface area contributed by atoms with Crippen LogP contribution in [0.5, 0.6) is 0 Å². The molecular weight excluding hydrogens is 352 g/mol. The maximum atomic E-state index is 12.3. The van der Waals surface area contributed by atoms with Gasteiger partial charge in [0.05, 0.1) is 23.1 Å². The summed E-state index contributed by atoms with van der Waals surface area (Å²) in [4.78, 5) is 24.6. The van der Waals surface area contributed by atoms with E-state index in [1.807, 2.05) is 50.4 Å². The lowest BCUT2D eigenvalue weighted by atomic mass is 10.1. The van der Waals surface area contributed by atoms with Gasteiger partial charge in [-0.3, -0.25) is 9.59 Å². The summed E-state index contributed by atoms with van der Waals surface area (Å²) in [6, 6.07) is 16.6. The van der Waals surface area contributed by atoms with Crippen LogP contribution in [0.25, 0.3) is 11.8 Å². The van der Waals surface area contributed by atoms with Crippen LogP contribution < -0.4 is 10.6 Å². The number of carbonyl (C=O) groups is 2. The summed E-state index contributed by atoms with van der Waals surface area (Å²) in [5, 5.41) is 9.88. The van der Waals surface area contributed by atoms with E-state index in [9.17, 15) is 9.59 Å². The number of nitrogens with zero attached hydrogens (tertiary/aromatic N) is 2. The second-order valence-electron chi connectivity index (χ2n) is 6.55. The Balaban J connectivity index is 1.68. The van der Waals surface area contributed by atoms with Gasteiger partial charge in [0, 0.05) is 23.9 Å². The quantitative estimate of drug-likeness (QED) is 0.647. The zero-order chi connectivity index (χ0) is 19.9. The summed E-state index contributed by atoms with van der Waals surface area (Å²) >= 11 is 0. The van der Waals surface area contributed by atoms with Crippen molar-refractivity contribution in [2.45, 2.75) is 19.9 Å². The van der Waals surface area contributed by atoms with Crippen molar-refractivity contribution < 1.29 is 9.59 Å². The molecule has 2 N–H and O–H groups in total. The highest BCUT2D eigenvalue weighted by Gasteiger charge is 2.12. The Hall–Kier alpha value is -3.67. The first-order valence-electron chi connectivity index (χ1n) is 9.02. The lowest BCUT2D eigenvalue weighted by molar-refractivity contribution is -0.111. The summed E-state index contributed by atoms with van der Waals surface area (Å²) in [6.07, 6.45) is 6.62. The van der Waals surface area contributed by atoms with E-state index in [0.29, 0.717) is 11.3 Å². The minimum Gasteiger partial charge on any atom is -0.350 e. The maximum absolute atomic E-state index is 12.3. The third-order valence-electron chi connectivity index (χ3n) is 3.90. The van der Waals surface area contributed by atoms with E-state index in [4.69, 9.17) is 0 Å². The second kappa shape index (κ2) is 8.81. The molecule has 0 atom stereocenters. The van der Waals surface area contributed by atoms with Gasteiger partial charge in [0.25, 0.3) is 5.91 Å². The van der Waals surface area contributed by atoms with E-state index in [-0.39, 0.29) is 17.9 Å². The van der Waals surface area contributed by atoms with Crippen LogP contribution in [0.3, 0.4) is 0 Å². The van der Waals surface area contributed by atoms with E-state index in [1.165, 1.54) is 6.08 Å². The average Bonchev–Trinajstić information content (AvgIpc) is 3.16. The zero-order valence-corrected chi connectivity index (χ0v) is 15.8. The highest BCUT2D eigenvalue weighted by molar-refractivity contribution is 6.07. The lowest BCUT2D eigenvalue weighted by Gasteiger charge is -2.12. The van der Waals surface area contributed by atoms with Gasteiger partial charge in [-0.1, -0.05) is 30.3 Å². The average molecular weight is 374 g/mol. The Labute approximate surface area is 163 Å². The highest BCUT2D eigenvalue weighted by atomic mass is 16.2. The standard InChI is InChI=1S/C22H22N4O2/c1-16(2)24-22(28)19-10-6-7-11-20(19)25-21(27)13-12-17-14-23-26(15-17)18-8-4-3-5-9-18/h3-16H,1-2H3,(H,24,28)(H,25,27)/b13-12+. The van der Waals surface area contributed by atoms with Crippen LogP contribution in [0.1, 0.15) is 29.8 Å². The molecule has 3 rings (SSSR count). The summed E-state index contributed by atoms with van der Waals surface area (Å²) in [5.41, 5.74) is 2.63. The van der Waals surface area contributed by atoms with E-state index in [1.54, 1.807) is 41.2 Å². The van der Waals surface area contributed by atoms with E-state index >= 15 is 0 Å². The molecule has 28 heavy (non-hydrogen) atoms. The predicted molar refractivity (Wildman–Crippen MR) is 110 cm³/mol. The fourth-order valence-corrected chi connectivity index (χ4v) is 2.62. The largest absolute Gasteiger partial charge is 0.350 e. The van der Waals surface area contributed by atoms with Gasteiger partial charge < -0.3 is 10.6 Å². The number of nitrogens with one attached hydrogen (secondary N) is 2. The Morgan fingerprint density at radius 2 is 1.75 bits per heavy atom. The van der Waals surface area contributed by atoms with Crippen LogP contribution >= 0.6 is 0 Å². The molecule has 0 bridgehead atoms. The number of carbonyl (C=O) groups excluding carboxylic acids is 2. The van der Waals surface area contributed by atoms with Gasteiger partial charge in [0.1, 0.15) is 0 Å². The fraction of sp³-hybridized carbons (Fsp3) is 0.136. The van der Waals surface area contributed by atoms with Crippen molar-refractivity contribution in [1.82, 2.24) is 15.1 Å². The molecule has 0 aliphatic heterocycles. The molecular formula is C22H22N4O2. The molecule has 6 nitrogen and oxygen atoms in total. The molecule has 142 valence electrons. The van der Waals surface area contributed by atoms with Gasteiger partial charge in [0.15, 0.2) is 0 Å². The minimum atomic E-state index is -0.322. The summed E-state index contributed by atoms with van der Waals surface area (Å²) in [5.74, 6) is -0.545. The number of hydrogen-bond acceptors (Lipinski definition) is 3. The Morgan fingerprint density at radius 3 is 2.50 bits per heavy atom. The normalized spacial score (nSPS) is 11.0. The van der Waals surface area contributed by atoms with Crippen LogP contribution in [-0.4, -0.2) is 27.6 Å². The van der Waals surface area contributed by atoms with Gasteiger partial charge in [-0.2, -0.15) is 5.10 Å². The summed E-state index contributed by atoms with van der Waals surface area (Å²) < 4.78 is 1.74. The number of anilines is 1. The molecule has 6 heteroatoms. The lowest BCUT2D eigenvalue weighted by Crippen LogP contribution is -2.30. The first-order chi connectivity index (χ1) is 13.5. The van der Waals surface area contributed by atoms with Crippen molar-refractivity contribution in [3.8, 4) is 5.69 Å². The first kappa shape index (κ1) is 19.1. The molecule has 1 heterocycles. The van der Waals surface area contributed by atoms with Crippen LogP contribution in [0, 0.1) is 0 Å². The smallest absolute Gasteiger partial charge is 0.253 e. The second-order valence-corrected chi connectivity index (χ2v) is 6.55. The zero-order valence-electron chi connectivity index (χ0n) is 15.8. The van der Waals surface area contributed by atoms with Crippen molar-refractivity contribution in [3.63, 3.8) is 0 Å². The van der Waals surface area contributed by atoms with Crippen LogP contribution in [0.4, 0.5) is 5.69 Å². The molecule has 2 aromatic carbocycles. The van der Waals surface area contributed by atoms with Crippen molar-refractivity contribution in [3.05, 3.63) is 84.2 Å². The van der Waals surface area contributed by atoms with Gasteiger partial charge in [0.2, 0.25) is 5.91 Å². The molecule has 0 saturated heterocycles. The topological polar surface area (TPSA) is 76.0 Å². The molecule has 3 aromatic rings. The Morgan fingerprint density at radius 1 is 1.04 bits per heavy atom. The van der Waals surface area contributed by atoms with E-state index in [2.05, 4.69) is 15.7 Å². The summed E-state index contributed by atoms with van der Waals surface area (Å²) in [6.45, 7) is 3.77. The molecule has 0 aliphatic carbocycles. The molecule has 0 radical (unpaired) electrons. The number of rotatable bonds is 6. The molecule has 0 saturated carbocycles. The van der Waals surface area contributed by atoms with Crippen LogP contribution in [0.15, 0.2) is 73.1 Å². The Kier molecular flexibility index (Phi) is 6.01. The van der Waals surface area contributed by atoms with E-state index in [0.717, 1.165) is 11.3 Å². The van der Waals surface area contributed by atoms with Gasteiger partial charge >= 0.3 is 0 Å². The molecule has 0 spiro atoms. The SMILES string of the molecule is CC(C)NC(=O)c1ccccc1NC(=O)/C=C/c1cnn(-c2ccccc2)c1. The number of benzene rings is 2. The number of amides is 2. The van der Waals surface area contributed by atoms with Gasteiger partial charge in [-0.15, -0.1) is 0 Å². The van der Waals surface area contributed by atoms with Crippen molar-refractivity contribution in [2.75, 3.05) is 5.32 Å². The minimum absolute atomic E-state index is 0.0114. The van der Waals surface area contributed by atoms with Gasteiger partial charge in [-0.25, -0.2) is 4.68 Å². The maximum Gasteiger partial charge on any atom is 0.253 e. The molecule has 0 aliphatic rings. The van der Waals surface area contributed by atoms with Crippen molar-refractivity contribution >= 4 is 23.6 Å². The van der Waals surface area contributed by atoms with Crippen molar-refractivity contribution in [1.29, 1.82) is 0 Å². The number of para-hydroxylation sites is 2. The number of aromatic nitrogens is 2. The molecule has 0 fully saturated rings.